The number of rotatable bonds is 5. The lowest BCUT2D eigenvalue weighted by Crippen LogP contribution is -2.53. The molecule has 138 valence electrons. The van der Waals surface area contributed by atoms with Gasteiger partial charge in [0.05, 0.1) is 24.3 Å². The smallest absolute Gasteiger partial charge is 0.193 e. The highest BCUT2D eigenvalue weighted by Crippen LogP contribution is 2.23. The number of nitrogens with one attached hydrogen (secondary N) is 1. The monoisotopic (exact) mass is 367 g/mol. The van der Waals surface area contributed by atoms with Gasteiger partial charge >= 0.3 is 0 Å². The van der Waals surface area contributed by atoms with E-state index in [1.165, 1.54) is 0 Å². The Bertz CT molecular complexity index is 578. The minimum Gasteiger partial charge on any atom is -0.490 e. The summed E-state index contributed by atoms with van der Waals surface area (Å²) in [5, 5.41) is 3.98. The zero-order valence-corrected chi connectivity index (χ0v) is 15.4. The van der Waals surface area contributed by atoms with Crippen molar-refractivity contribution in [2.24, 2.45) is 4.99 Å². The SMILES string of the molecule is CN=C(NCCOc1ccccc1Cl)N1CCOC(C2CCCO2)C1. The molecule has 0 bridgehead atoms. The second kappa shape index (κ2) is 9.27. The van der Waals surface area contributed by atoms with Crippen LogP contribution in [0.4, 0.5) is 0 Å². The van der Waals surface area contributed by atoms with E-state index in [-0.39, 0.29) is 12.2 Å². The van der Waals surface area contributed by atoms with Gasteiger partial charge in [-0.25, -0.2) is 0 Å². The van der Waals surface area contributed by atoms with Crippen molar-refractivity contribution in [3.05, 3.63) is 29.3 Å². The van der Waals surface area contributed by atoms with E-state index in [1.807, 2.05) is 24.3 Å². The summed E-state index contributed by atoms with van der Waals surface area (Å²) < 4.78 is 17.4. The zero-order valence-electron chi connectivity index (χ0n) is 14.6. The first-order chi connectivity index (χ1) is 12.3. The molecule has 1 N–H and O–H groups in total. The Kier molecular flexibility index (Phi) is 6.78. The maximum absolute atomic E-state index is 6.09. The maximum Gasteiger partial charge on any atom is 0.193 e. The summed E-state index contributed by atoms with van der Waals surface area (Å²) in [7, 11) is 1.80. The van der Waals surface area contributed by atoms with E-state index >= 15 is 0 Å². The average Bonchev–Trinajstić information content (AvgIpc) is 3.18. The van der Waals surface area contributed by atoms with E-state index in [0.717, 1.165) is 38.5 Å². The summed E-state index contributed by atoms with van der Waals surface area (Å²) in [4.78, 5) is 6.62. The highest BCUT2D eigenvalue weighted by atomic mass is 35.5. The molecular weight excluding hydrogens is 342 g/mol. The van der Waals surface area contributed by atoms with E-state index in [4.69, 9.17) is 25.8 Å². The lowest BCUT2D eigenvalue weighted by Gasteiger charge is -2.37. The fourth-order valence-corrected chi connectivity index (χ4v) is 3.40. The molecule has 0 saturated carbocycles. The Morgan fingerprint density at radius 3 is 2.92 bits per heavy atom. The summed E-state index contributed by atoms with van der Waals surface area (Å²) in [6.07, 6.45) is 2.53. The van der Waals surface area contributed by atoms with E-state index in [9.17, 15) is 0 Å². The van der Waals surface area contributed by atoms with Crippen LogP contribution in [0.5, 0.6) is 5.75 Å². The first-order valence-electron chi connectivity index (χ1n) is 8.84. The van der Waals surface area contributed by atoms with Crippen LogP contribution < -0.4 is 10.1 Å². The van der Waals surface area contributed by atoms with Crippen LogP contribution in [0.15, 0.2) is 29.3 Å². The number of benzene rings is 1. The van der Waals surface area contributed by atoms with Crippen molar-refractivity contribution in [2.75, 3.05) is 46.5 Å². The topological polar surface area (TPSA) is 55.3 Å². The molecule has 2 aliphatic heterocycles. The van der Waals surface area contributed by atoms with Crippen molar-refractivity contribution in [1.82, 2.24) is 10.2 Å². The largest absolute Gasteiger partial charge is 0.490 e. The van der Waals surface area contributed by atoms with Crippen molar-refractivity contribution in [3.8, 4) is 5.75 Å². The number of ether oxygens (including phenoxy) is 3. The molecular formula is C18H26ClN3O3. The average molecular weight is 368 g/mol. The number of hydrogen-bond donors (Lipinski definition) is 1. The Hall–Kier alpha value is -1.50. The highest BCUT2D eigenvalue weighted by Gasteiger charge is 2.32. The molecule has 0 aliphatic carbocycles. The number of morpholine rings is 1. The number of hydrogen-bond acceptors (Lipinski definition) is 4. The van der Waals surface area contributed by atoms with Crippen LogP contribution in [-0.2, 0) is 9.47 Å². The molecule has 2 aliphatic rings. The summed E-state index contributed by atoms with van der Waals surface area (Å²) in [6, 6.07) is 7.48. The molecule has 0 aromatic heterocycles. The van der Waals surface area contributed by atoms with Gasteiger partial charge in [0, 0.05) is 26.7 Å². The molecule has 1 aromatic carbocycles. The number of nitrogens with zero attached hydrogens (tertiary/aromatic N) is 2. The second-order valence-corrected chi connectivity index (χ2v) is 6.57. The van der Waals surface area contributed by atoms with Crippen LogP contribution in [0.1, 0.15) is 12.8 Å². The molecule has 7 heteroatoms. The molecule has 0 amide bonds. The van der Waals surface area contributed by atoms with Crippen LogP contribution in [0.3, 0.4) is 0 Å². The van der Waals surface area contributed by atoms with E-state index in [1.54, 1.807) is 7.05 Å². The molecule has 2 unspecified atom stereocenters. The summed E-state index contributed by atoms with van der Waals surface area (Å²) >= 11 is 6.09. The third-order valence-electron chi connectivity index (χ3n) is 4.46. The van der Waals surface area contributed by atoms with Gasteiger partial charge < -0.3 is 24.4 Å². The van der Waals surface area contributed by atoms with Gasteiger partial charge in [-0.15, -0.1) is 0 Å². The Morgan fingerprint density at radius 1 is 1.32 bits per heavy atom. The third kappa shape index (κ3) is 5.00. The van der Waals surface area contributed by atoms with Gasteiger partial charge in [-0.1, -0.05) is 23.7 Å². The van der Waals surface area contributed by atoms with Gasteiger partial charge in [0.1, 0.15) is 18.5 Å². The van der Waals surface area contributed by atoms with Crippen LogP contribution in [0.25, 0.3) is 0 Å². The molecule has 25 heavy (non-hydrogen) atoms. The quantitative estimate of drug-likeness (QED) is 0.491. The summed E-state index contributed by atoms with van der Waals surface area (Å²) in [6.45, 7) is 4.34. The van der Waals surface area contributed by atoms with Crippen molar-refractivity contribution < 1.29 is 14.2 Å². The highest BCUT2D eigenvalue weighted by molar-refractivity contribution is 6.32. The number of guanidine groups is 1. The van der Waals surface area contributed by atoms with E-state index < -0.39 is 0 Å². The van der Waals surface area contributed by atoms with Gasteiger partial charge in [-0.05, 0) is 25.0 Å². The predicted octanol–water partition coefficient (Wildman–Crippen LogP) is 2.17. The van der Waals surface area contributed by atoms with Gasteiger partial charge in [-0.2, -0.15) is 0 Å². The minimum atomic E-state index is 0.120. The van der Waals surface area contributed by atoms with Crippen molar-refractivity contribution in [1.29, 1.82) is 0 Å². The summed E-state index contributed by atoms with van der Waals surface area (Å²) in [5.74, 6) is 1.57. The van der Waals surface area contributed by atoms with E-state index in [2.05, 4.69) is 15.2 Å². The summed E-state index contributed by atoms with van der Waals surface area (Å²) in [5.41, 5.74) is 0. The normalized spacial score (nSPS) is 24.4. The van der Waals surface area contributed by atoms with Crippen molar-refractivity contribution in [3.63, 3.8) is 0 Å². The fourth-order valence-electron chi connectivity index (χ4n) is 3.21. The van der Waals surface area contributed by atoms with E-state index in [0.29, 0.717) is 30.5 Å². The number of aliphatic imine (C=N–C) groups is 1. The van der Waals surface area contributed by atoms with Crippen LogP contribution in [0, 0.1) is 0 Å². The van der Waals surface area contributed by atoms with Crippen molar-refractivity contribution >= 4 is 17.6 Å². The molecule has 2 heterocycles. The number of halogens is 1. The van der Waals surface area contributed by atoms with Gasteiger partial charge in [0.15, 0.2) is 5.96 Å². The zero-order chi connectivity index (χ0) is 17.5. The second-order valence-electron chi connectivity index (χ2n) is 6.16. The third-order valence-corrected chi connectivity index (χ3v) is 4.78. The van der Waals surface area contributed by atoms with Gasteiger partial charge in [0.25, 0.3) is 0 Å². The molecule has 1 aromatic rings. The standard InChI is InChI=1S/C18H26ClN3O3/c1-20-18(21-8-11-24-15-6-3-2-5-14(15)19)22-9-12-25-17(13-22)16-7-4-10-23-16/h2-3,5-6,16-17H,4,7-13H2,1H3,(H,20,21). The van der Waals surface area contributed by atoms with Gasteiger partial charge in [-0.3, -0.25) is 4.99 Å². The lowest BCUT2D eigenvalue weighted by molar-refractivity contribution is -0.0817. The van der Waals surface area contributed by atoms with Crippen molar-refractivity contribution in [2.45, 2.75) is 25.0 Å². The van der Waals surface area contributed by atoms with Crippen LogP contribution >= 0.6 is 11.6 Å². The fraction of sp³-hybridized carbons (Fsp3) is 0.611. The van der Waals surface area contributed by atoms with Gasteiger partial charge in [0.2, 0.25) is 0 Å². The molecule has 3 rings (SSSR count). The predicted molar refractivity (Wildman–Crippen MR) is 98.6 cm³/mol. The Morgan fingerprint density at radius 2 is 2.16 bits per heavy atom. The molecule has 0 spiro atoms. The lowest BCUT2D eigenvalue weighted by atomic mass is 10.1. The Balaban J connectivity index is 1.45. The maximum atomic E-state index is 6.09. The van der Waals surface area contributed by atoms with Crippen LogP contribution in [0.2, 0.25) is 5.02 Å². The molecule has 2 fully saturated rings. The Labute approximate surface area is 154 Å². The molecule has 2 atom stereocenters. The minimum absolute atomic E-state index is 0.120. The molecule has 6 nitrogen and oxygen atoms in total. The first-order valence-corrected chi connectivity index (χ1v) is 9.22. The molecule has 0 radical (unpaired) electrons. The van der Waals surface area contributed by atoms with Crippen LogP contribution in [-0.4, -0.2) is 69.6 Å². The molecule has 2 saturated heterocycles. The number of para-hydroxylation sites is 1. The first kappa shape index (κ1) is 18.3.